The highest BCUT2D eigenvalue weighted by atomic mass is 16.2. The number of aromatic nitrogens is 3. The van der Waals surface area contributed by atoms with Crippen LogP contribution in [0, 0.1) is 5.92 Å². The first kappa shape index (κ1) is 20.8. The van der Waals surface area contributed by atoms with Gasteiger partial charge in [0.15, 0.2) is 5.82 Å². The average molecular weight is 418 g/mol. The average Bonchev–Trinajstić information content (AvgIpc) is 3.42. The zero-order chi connectivity index (χ0) is 22.0. The summed E-state index contributed by atoms with van der Waals surface area (Å²) in [7, 11) is 0. The molecule has 31 heavy (non-hydrogen) atoms. The third-order valence-corrected chi connectivity index (χ3v) is 5.63. The van der Waals surface area contributed by atoms with Crippen LogP contribution in [0.4, 0.5) is 11.4 Å². The molecule has 2 N–H and O–H groups in total. The minimum Gasteiger partial charge on any atom is -0.325 e. The molecule has 1 fully saturated rings. The lowest BCUT2D eigenvalue weighted by Gasteiger charge is -2.17. The molecule has 3 aromatic rings. The highest BCUT2D eigenvalue weighted by Gasteiger charge is 2.35. The first-order chi connectivity index (χ1) is 15.0. The number of benzene rings is 2. The van der Waals surface area contributed by atoms with Crippen molar-refractivity contribution in [1.29, 1.82) is 0 Å². The Labute approximate surface area is 181 Å². The van der Waals surface area contributed by atoms with Crippen LogP contribution in [0.3, 0.4) is 0 Å². The number of rotatable bonds is 6. The largest absolute Gasteiger partial charge is 0.325 e. The lowest BCUT2D eigenvalue weighted by Crippen LogP contribution is -2.28. The van der Waals surface area contributed by atoms with E-state index in [-0.39, 0.29) is 24.2 Å². The highest BCUT2D eigenvalue weighted by molar-refractivity contribution is 6.04. The van der Waals surface area contributed by atoms with Gasteiger partial charge in [-0.15, -0.1) is 0 Å². The molecule has 2 amide bonds. The Morgan fingerprint density at radius 3 is 2.61 bits per heavy atom. The van der Waals surface area contributed by atoms with Crippen LogP contribution in [0.2, 0.25) is 0 Å². The Kier molecular flexibility index (Phi) is 5.84. The SMILES string of the molecule is CCc1ccc(N2CC(C(=O)Nc3ccccc3-c3n[nH]c(C(C)C)n3)CC2=O)cc1. The van der Waals surface area contributed by atoms with E-state index in [1.165, 1.54) is 5.56 Å². The second-order valence-electron chi connectivity index (χ2n) is 8.16. The molecule has 7 nitrogen and oxygen atoms in total. The highest BCUT2D eigenvalue weighted by Crippen LogP contribution is 2.29. The number of anilines is 2. The van der Waals surface area contributed by atoms with Gasteiger partial charge in [0.2, 0.25) is 11.8 Å². The molecule has 1 aliphatic rings. The summed E-state index contributed by atoms with van der Waals surface area (Å²) in [6, 6.07) is 15.4. The number of nitrogens with one attached hydrogen (secondary N) is 2. The second kappa shape index (κ2) is 8.71. The van der Waals surface area contributed by atoms with Crippen LogP contribution in [0.1, 0.15) is 44.5 Å². The van der Waals surface area contributed by atoms with Gasteiger partial charge in [-0.05, 0) is 36.2 Å². The number of carbonyl (C=O) groups is 2. The molecule has 2 heterocycles. The first-order valence-electron chi connectivity index (χ1n) is 10.7. The first-order valence-corrected chi connectivity index (χ1v) is 10.7. The molecule has 2 aromatic carbocycles. The maximum absolute atomic E-state index is 13.0. The number of hydrogen-bond acceptors (Lipinski definition) is 4. The van der Waals surface area contributed by atoms with Gasteiger partial charge in [-0.2, -0.15) is 5.10 Å². The molecular weight excluding hydrogens is 390 g/mol. The molecule has 0 aliphatic carbocycles. The number of para-hydroxylation sites is 1. The lowest BCUT2D eigenvalue weighted by molar-refractivity contribution is -0.122. The van der Waals surface area contributed by atoms with Gasteiger partial charge in [-0.25, -0.2) is 4.98 Å². The molecule has 0 saturated carbocycles. The van der Waals surface area contributed by atoms with E-state index in [0.29, 0.717) is 18.1 Å². The van der Waals surface area contributed by atoms with E-state index in [0.717, 1.165) is 23.5 Å². The summed E-state index contributed by atoms with van der Waals surface area (Å²) >= 11 is 0. The summed E-state index contributed by atoms with van der Waals surface area (Å²) < 4.78 is 0. The van der Waals surface area contributed by atoms with Crippen molar-refractivity contribution in [3.63, 3.8) is 0 Å². The quantitative estimate of drug-likeness (QED) is 0.630. The van der Waals surface area contributed by atoms with Crippen molar-refractivity contribution in [2.45, 2.75) is 39.5 Å². The summed E-state index contributed by atoms with van der Waals surface area (Å²) in [5.41, 5.74) is 3.43. The van der Waals surface area contributed by atoms with Crippen molar-refractivity contribution in [3.8, 4) is 11.4 Å². The van der Waals surface area contributed by atoms with Crippen molar-refractivity contribution in [1.82, 2.24) is 15.2 Å². The standard InChI is InChI=1S/C24H27N5O2/c1-4-16-9-11-18(12-10-16)29-14-17(13-21(29)30)24(31)25-20-8-6-5-7-19(20)23-26-22(15(2)3)27-28-23/h5-12,15,17H,4,13-14H2,1-3H3,(H,25,31)(H,26,27,28). The maximum Gasteiger partial charge on any atom is 0.229 e. The molecule has 0 radical (unpaired) electrons. The predicted molar refractivity (Wildman–Crippen MR) is 121 cm³/mol. The number of nitrogens with zero attached hydrogens (tertiary/aromatic N) is 3. The van der Waals surface area contributed by atoms with Crippen molar-refractivity contribution < 1.29 is 9.59 Å². The fraction of sp³-hybridized carbons (Fsp3) is 0.333. The van der Waals surface area contributed by atoms with Crippen molar-refractivity contribution >= 4 is 23.2 Å². The molecule has 1 unspecified atom stereocenters. The lowest BCUT2D eigenvalue weighted by atomic mass is 10.1. The molecule has 1 aliphatic heterocycles. The topological polar surface area (TPSA) is 91.0 Å². The van der Waals surface area contributed by atoms with Crippen LogP contribution in [0.15, 0.2) is 48.5 Å². The molecule has 4 rings (SSSR count). The number of H-pyrrole nitrogens is 1. The zero-order valence-corrected chi connectivity index (χ0v) is 18.1. The predicted octanol–water partition coefficient (Wildman–Crippen LogP) is 4.15. The van der Waals surface area contributed by atoms with Gasteiger partial charge in [0, 0.05) is 30.1 Å². The molecule has 1 aromatic heterocycles. The van der Waals surface area contributed by atoms with Gasteiger partial charge in [-0.1, -0.05) is 45.0 Å². The van der Waals surface area contributed by atoms with Crippen molar-refractivity contribution in [3.05, 3.63) is 59.9 Å². The van der Waals surface area contributed by atoms with E-state index in [2.05, 4.69) is 27.4 Å². The van der Waals surface area contributed by atoms with Gasteiger partial charge >= 0.3 is 0 Å². The third kappa shape index (κ3) is 4.35. The van der Waals surface area contributed by atoms with E-state index in [1.54, 1.807) is 4.90 Å². The maximum atomic E-state index is 13.0. The van der Waals surface area contributed by atoms with Crippen molar-refractivity contribution in [2.75, 3.05) is 16.8 Å². The van der Waals surface area contributed by atoms with Gasteiger partial charge in [-0.3, -0.25) is 14.7 Å². The normalized spacial score (nSPS) is 16.2. The van der Waals surface area contributed by atoms with Crippen LogP contribution in [0.25, 0.3) is 11.4 Å². The van der Waals surface area contributed by atoms with Crippen LogP contribution in [-0.2, 0) is 16.0 Å². The van der Waals surface area contributed by atoms with E-state index in [1.807, 2.05) is 62.4 Å². The minimum absolute atomic E-state index is 0.0340. The Hall–Kier alpha value is -3.48. The van der Waals surface area contributed by atoms with E-state index in [4.69, 9.17) is 0 Å². The monoisotopic (exact) mass is 417 g/mol. The van der Waals surface area contributed by atoms with Gasteiger partial charge in [0.05, 0.1) is 11.6 Å². The molecule has 1 saturated heterocycles. The molecule has 160 valence electrons. The van der Waals surface area contributed by atoms with Gasteiger partial charge in [0.1, 0.15) is 5.82 Å². The number of amides is 2. The zero-order valence-electron chi connectivity index (χ0n) is 18.1. The summed E-state index contributed by atoms with van der Waals surface area (Å²) in [6.07, 6.45) is 1.14. The minimum atomic E-state index is -0.412. The Bertz CT molecular complexity index is 1090. The third-order valence-electron chi connectivity index (χ3n) is 5.63. The number of aryl methyl sites for hydroxylation is 1. The van der Waals surface area contributed by atoms with Crippen LogP contribution >= 0.6 is 0 Å². The molecule has 0 spiro atoms. The summed E-state index contributed by atoms with van der Waals surface area (Å²) in [6.45, 7) is 6.54. The molecular formula is C24H27N5O2. The number of carbonyl (C=O) groups excluding carboxylic acids is 2. The Balaban J connectivity index is 1.49. The summed E-state index contributed by atoms with van der Waals surface area (Å²) in [5.74, 6) is 0.943. The van der Waals surface area contributed by atoms with E-state index in [9.17, 15) is 9.59 Å². The van der Waals surface area contributed by atoms with Crippen molar-refractivity contribution in [2.24, 2.45) is 5.92 Å². The summed E-state index contributed by atoms with van der Waals surface area (Å²) in [5, 5.41) is 10.2. The smallest absolute Gasteiger partial charge is 0.229 e. The Morgan fingerprint density at radius 2 is 1.94 bits per heavy atom. The molecule has 7 heteroatoms. The second-order valence-corrected chi connectivity index (χ2v) is 8.16. The van der Waals surface area contributed by atoms with E-state index >= 15 is 0 Å². The van der Waals surface area contributed by atoms with Crippen LogP contribution in [-0.4, -0.2) is 33.5 Å². The van der Waals surface area contributed by atoms with Crippen LogP contribution < -0.4 is 10.2 Å². The van der Waals surface area contributed by atoms with Gasteiger partial charge < -0.3 is 10.2 Å². The molecule has 1 atom stereocenters. The number of aromatic amines is 1. The fourth-order valence-electron chi connectivity index (χ4n) is 3.72. The van der Waals surface area contributed by atoms with E-state index < -0.39 is 5.92 Å². The number of hydrogen-bond donors (Lipinski definition) is 2. The Morgan fingerprint density at radius 1 is 1.19 bits per heavy atom. The van der Waals surface area contributed by atoms with Gasteiger partial charge in [0.25, 0.3) is 0 Å². The fourth-order valence-corrected chi connectivity index (χ4v) is 3.72. The molecule has 0 bridgehead atoms. The van der Waals surface area contributed by atoms with Crippen LogP contribution in [0.5, 0.6) is 0 Å². The summed E-state index contributed by atoms with van der Waals surface area (Å²) in [4.78, 5) is 31.8.